The summed E-state index contributed by atoms with van der Waals surface area (Å²) in [6.45, 7) is 1.23. The Kier molecular flexibility index (Phi) is 2.87. The van der Waals surface area contributed by atoms with Crippen LogP contribution in [0.3, 0.4) is 0 Å². The third-order valence-corrected chi connectivity index (χ3v) is 2.94. The van der Waals surface area contributed by atoms with Crippen LogP contribution in [-0.4, -0.2) is 35.7 Å². The Morgan fingerprint density at radius 2 is 2.36 bits per heavy atom. The minimum Gasteiger partial charge on any atom is -0.480 e. The van der Waals surface area contributed by atoms with E-state index in [0.29, 0.717) is 0 Å². The van der Waals surface area contributed by atoms with Crippen LogP contribution >= 0.6 is 0 Å². The normalized spacial score (nSPS) is 13.8. The molecule has 1 unspecified atom stereocenters. The lowest BCUT2D eigenvalue weighted by molar-refractivity contribution is -0.138. The first kappa shape index (κ1) is 10.7. The van der Waals surface area contributed by atoms with E-state index in [0.717, 1.165) is 0 Å². The van der Waals surface area contributed by atoms with Crippen LogP contribution in [0.15, 0.2) is 17.3 Å². The molecule has 14 heavy (non-hydrogen) atoms. The molecule has 0 fully saturated rings. The number of hydrogen-bond acceptors (Lipinski definition) is 4. The molecule has 1 heterocycles. The van der Waals surface area contributed by atoms with Crippen LogP contribution in [0.5, 0.6) is 0 Å². The molecule has 0 radical (unpaired) electrons. The Hall–Kier alpha value is -1.41. The van der Waals surface area contributed by atoms with Crippen LogP contribution in [0.25, 0.3) is 0 Å². The molecule has 0 spiro atoms. The van der Waals surface area contributed by atoms with Crippen molar-refractivity contribution in [2.45, 2.75) is 18.0 Å². The summed E-state index contributed by atoms with van der Waals surface area (Å²) >= 11 is 0. The van der Waals surface area contributed by atoms with Gasteiger partial charge in [0.1, 0.15) is 6.04 Å². The van der Waals surface area contributed by atoms with E-state index < -0.39 is 22.0 Å². The van der Waals surface area contributed by atoms with Crippen molar-refractivity contribution in [2.24, 2.45) is 0 Å². The van der Waals surface area contributed by atoms with Crippen LogP contribution in [0.2, 0.25) is 0 Å². The first-order chi connectivity index (χ1) is 6.43. The molecule has 8 heteroatoms. The van der Waals surface area contributed by atoms with Gasteiger partial charge in [0, 0.05) is 0 Å². The maximum absolute atomic E-state index is 11.4. The molecule has 0 aromatic carbocycles. The maximum atomic E-state index is 11.4. The highest BCUT2D eigenvalue weighted by Crippen LogP contribution is 2.03. The van der Waals surface area contributed by atoms with Crippen LogP contribution in [0.4, 0.5) is 0 Å². The Balaban J connectivity index is 2.84. The van der Waals surface area contributed by atoms with E-state index >= 15 is 0 Å². The van der Waals surface area contributed by atoms with Gasteiger partial charge in [-0.15, -0.1) is 0 Å². The van der Waals surface area contributed by atoms with Crippen LogP contribution in [0, 0.1) is 0 Å². The Morgan fingerprint density at radius 1 is 1.71 bits per heavy atom. The second kappa shape index (κ2) is 3.76. The highest BCUT2D eigenvalue weighted by atomic mass is 32.2. The van der Waals surface area contributed by atoms with E-state index in [-0.39, 0.29) is 5.03 Å². The summed E-state index contributed by atoms with van der Waals surface area (Å²) < 4.78 is 24.7. The average Bonchev–Trinajstić information content (AvgIpc) is 2.54. The smallest absolute Gasteiger partial charge is 0.321 e. The van der Waals surface area contributed by atoms with Gasteiger partial charge in [-0.1, -0.05) is 0 Å². The second-order valence-electron chi connectivity index (χ2n) is 2.60. The summed E-state index contributed by atoms with van der Waals surface area (Å²) in [5, 5.41) is 14.0. The monoisotopic (exact) mass is 219 g/mol. The molecule has 7 nitrogen and oxygen atoms in total. The van der Waals surface area contributed by atoms with Crippen molar-refractivity contribution >= 4 is 16.0 Å². The summed E-state index contributed by atoms with van der Waals surface area (Å²) in [5.74, 6) is -1.24. The van der Waals surface area contributed by atoms with Crippen LogP contribution < -0.4 is 4.72 Å². The van der Waals surface area contributed by atoms with Crippen LogP contribution in [-0.2, 0) is 14.8 Å². The number of nitrogens with one attached hydrogen (secondary N) is 2. The number of aromatic nitrogens is 2. The molecular formula is C6H9N3O4S. The fourth-order valence-electron chi connectivity index (χ4n) is 0.739. The molecule has 1 rings (SSSR count). The summed E-state index contributed by atoms with van der Waals surface area (Å²) in [7, 11) is -3.81. The number of aliphatic carboxylic acids is 1. The van der Waals surface area contributed by atoms with Crippen molar-refractivity contribution in [1.82, 2.24) is 14.9 Å². The second-order valence-corrected chi connectivity index (χ2v) is 4.28. The number of carboxylic acids is 1. The maximum Gasteiger partial charge on any atom is 0.321 e. The minimum absolute atomic E-state index is 0.161. The lowest BCUT2D eigenvalue weighted by atomic mass is 10.4. The summed E-state index contributed by atoms with van der Waals surface area (Å²) in [6.07, 6.45) is 1.26. The highest BCUT2D eigenvalue weighted by Gasteiger charge is 2.22. The van der Waals surface area contributed by atoms with Crippen molar-refractivity contribution in [2.75, 3.05) is 0 Å². The first-order valence-electron chi connectivity index (χ1n) is 3.68. The van der Waals surface area contributed by atoms with E-state index in [1.54, 1.807) is 0 Å². The fourth-order valence-corrected chi connectivity index (χ4v) is 1.85. The van der Waals surface area contributed by atoms with Crippen LogP contribution in [0.1, 0.15) is 6.92 Å². The summed E-state index contributed by atoms with van der Waals surface area (Å²) in [5.41, 5.74) is 0. The van der Waals surface area contributed by atoms with Crippen molar-refractivity contribution in [3.63, 3.8) is 0 Å². The lowest BCUT2D eigenvalue weighted by Gasteiger charge is -2.07. The molecule has 1 aromatic rings. The van der Waals surface area contributed by atoms with Gasteiger partial charge >= 0.3 is 5.97 Å². The topological polar surface area (TPSA) is 112 Å². The van der Waals surface area contributed by atoms with E-state index in [1.165, 1.54) is 19.2 Å². The molecular weight excluding hydrogens is 210 g/mol. The predicted molar refractivity (Wildman–Crippen MR) is 46.0 cm³/mol. The molecule has 78 valence electrons. The number of carbonyl (C=O) groups is 1. The summed E-state index contributed by atoms with van der Waals surface area (Å²) in [4.78, 5) is 10.4. The zero-order chi connectivity index (χ0) is 10.8. The molecule has 1 atom stereocenters. The molecule has 3 N–H and O–H groups in total. The van der Waals surface area contributed by atoms with Gasteiger partial charge in [-0.3, -0.25) is 9.89 Å². The zero-order valence-electron chi connectivity index (χ0n) is 7.26. The fraction of sp³-hybridized carbons (Fsp3) is 0.333. The van der Waals surface area contributed by atoms with E-state index in [9.17, 15) is 13.2 Å². The molecule has 0 aliphatic carbocycles. The Bertz CT molecular complexity index is 410. The van der Waals surface area contributed by atoms with Gasteiger partial charge in [-0.25, -0.2) is 8.42 Å². The van der Waals surface area contributed by atoms with E-state index in [1.807, 2.05) is 4.72 Å². The van der Waals surface area contributed by atoms with Gasteiger partial charge in [0.2, 0.25) is 0 Å². The van der Waals surface area contributed by atoms with E-state index in [2.05, 4.69) is 10.2 Å². The van der Waals surface area contributed by atoms with Gasteiger partial charge < -0.3 is 5.11 Å². The van der Waals surface area contributed by atoms with Crippen molar-refractivity contribution in [3.05, 3.63) is 12.3 Å². The quantitative estimate of drug-likeness (QED) is 0.611. The molecule has 1 aromatic heterocycles. The van der Waals surface area contributed by atoms with Gasteiger partial charge in [0.15, 0.2) is 5.03 Å². The molecule has 0 aliphatic rings. The highest BCUT2D eigenvalue weighted by molar-refractivity contribution is 7.89. The third-order valence-electron chi connectivity index (χ3n) is 1.47. The molecule has 0 bridgehead atoms. The van der Waals surface area contributed by atoms with E-state index in [4.69, 9.17) is 5.11 Å². The molecule has 0 saturated carbocycles. The van der Waals surface area contributed by atoms with Crippen molar-refractivity contribution in [3.8, 4) is 0 Å². The summed E-state index contributed by atoms with van der Waals surface area (Å²) in [6, 6.07) is 0.0555. The number of aromatic amines is 1. The Morgan fingerprint density at radius 3 is 2.79 bits per heavy atom. The predicted octanol–water partition coefficient (Wildman–Crippen LogP) is -0.839. The molecule has 0 saturated heterocycles. The van der Waals surface area contributed by atoms with Gasteiger partial charge in [-0.05, 0) is 13.0 Å². The zero-order valence-corrected chi connectivity index (χ0v) is 8.08. The van der Waals surface area contributed by atoms with Gasteiger partial charge in [0.25, 0.3) is 10.0 Å². The number of hydrogen-bond donors (Lipinski definition) is 3. The number of H-pyrrole nitrogens is 1. The number of rotatable bonds is 4. The SMILES string of the molecule is CC(NS(=O)(=O)c1ccn[nH]1)C(=O)O. The Labute approximate surface area is 80.2 Å². The first-order valence-corrected chi connectivity index (χ1v) is 5.16. The lowest BCUT2D eigenvalue weighted by Crippen LogP contribution is -2.38. The third kappa shape index (κ3) is 2.30. The molecule has 0 aliphatic heterocycles. The number of carboxylic acid groups (broad SMARTS) is 1. The minimum atomic E-state index is -3.81. The van der Waals surface area contributed by atoms with Crippen molar-refractivity contribution in [1.29, 1.82) is 0 Å². The van der Waals surface area contributed by atoms with Crippen molar-refractivity contribution < 1.29 is 18.3 Å². The number of sulfonamides is 1. The average molecular weight is 219 g/mol. The largest absolute Gasteiger partial charge is 0.480 e. The van der Waals surface area contributed by atoms with Gasteiger partial charge in [0.05, 0.1) is 6.20 Å². The molecule has 0 amide bonds. The van der Waals surface area contributed by atoms with Gasteiger partial charge in [-0.2, -0.15) is 9.82 Å². The number of nitrogens with zero attached hydrogens (tertiary/aromatic N) is 1. The standard InChI is InChI=1S/C6H9N3O4S/c1-4(6(10)11)9-14(12,13)5-2-3-7-8-5/h2-4,9H,1H3,(H,7,8)(H,10,11).